The standard InChI is InChI=1S/C18H20F2N4O2/c1-12-16(13(2)24(23-12)11-3-10-21)8-9-17(25)22-14-4-6-15(7-5-14)26-18(19)20/h4-7,18H,3,8-9,11H2,1-2H3,(H,22,25). The molecule has 0 aliphatic rings. The number of halogens is 2. The lowest BCUT2D eigenvalue weighted by Crippen LogP contribution is -2.13. The summed E-state index contributed by atoms with van der Waals surface area (Å²) in [6.07, 6.45) is 1.18. The minimum atomic E-state index is -2.88. The van der Waals surface area contributed by atoms with Crippen molar-refractivity contribution in [3.8, 4) is 11.8 Å². The number of ether oxygens (including phenoxy) is 1. The Kier molecular flexibility index (Phi) is 6.67. The van der Waals surface area contributed by atoms with E-state index in [-0.39, 0.29) is 18.1 Å². The highest BCUT2D eigenvalue weighted by atomic mass is 19.3. The van der Waals surface area contributed by atoms with Gasteiger partial charge in [0.25, 0.3) is 0 Å². The molecule has 0 radical (unpaired) electrons. The minimum Gasteiger partial charge on any atom is -0.435 e. The lowest BCUT2D eigenvalue weighted by molar-refractivity contribution is -0.116. The fourth-order valence-corrected chi connectivity index (χ4v) is 2.65. The van der Waals surface area contributed by atoms with Crippen LogP contribution in [0, 0.1) is 25.2 Å². The second-order valence-electron chi connectivity index (χ2n) is 5.73. The highest BCUT2D eigenvalue weighted by Gasteiger charge is 2.13. The lowest BCUT2D eigenvalue weighted by Gasteiger charge is -2.08. The summed E-state index contributed by atoms with van der Waals surface area (Å²) in [5.41, 5.74) is 3.31. The fourth-order valence-electron chi connectivity index (χ4n) is 2.65. The predicted octanol–water partition coefficient (Wildman–Crippen LogP) is 3.59. The molecule has 26 heavy (non-hydrogen) atoms. The quantitative estimate of drug-likeness (QED) is 0.778. The van der Waals surface area contributed by atoms with Crippen molar-refractivity contribution in [2.24, 2.45) is 0 Å². The van der Waals surface area contributed by atoms with E-state index in [9.17, 15) is 13.6 Å². The number of amides is 1. The van der Waals surface area contributed by atoms with Gasteiger partial charge in [0.15, 0.2) is 0 Å². The van der Waals surface area contributed by atoms with Gasteiger partial charge < -0.3 is 10.1 Å². The van der Waals surface area contributed by atoms with Gasteiger partial charge in [-0.3, -0.25) is 9.48 Å². The molecule has 0 saturated heterocycles. The maximum absolute atomic E-state index is 12.1. The van der Waals surface area contributed by atoms with Crippen molar-refractivity contribution in [2.45, 2.75) is 46.3 Å². The van der Waals surface area contributed by atoms with Crippen molar-refractivity contribution in [2.75, 3.05) is 5.32 Å². The number of hydrogen-bond acceptors (Lipinski definition) is 4. The number of hydrogen-bond donors (Lipinski definition) is 1. The van der Waals surface area contributed by atoms with Crippen LogP contribution in [-0.2, 0) is 17.8 Å². The zero-order valence-electron chi connectivity index (χ0n) is 14.6. The van der Waals surface area contributed by atoms with Crippen LogP contribution in [0.25, 0.3) is 0 Å². The molecule has 1 amide bonds. The zero-order valence-corrected chi connectivity index (χ0v) is 14.6. The van der Waals surface area contributed by atoms with Crippen molar-refractivity contribution in [3.63, 3.8) is 0 Å². The average molecular weight is 362 g/mol. The highest BCUT2D eigenvalue weighted by Crippen LogP contribution is 2.19. The summed E-state index contributed by atoms with van der Waals surface area (Å²) in [4.78, 5) is 12.1. The molecule has 0 spiro atoms. The van der Waals surface area contributed by atoms with Gasteiger partial charge in [0.2, 0.25) is 5.91 Å². The van der Waals surface area contributed by atoms with Gasteiger partial charge in [0.05, 0.1) is 24.7 Å². The van der Waals surface area contributed by atoms with Crippen LogP contribution < -0.4 is 10.1 Å². The Bertz CT molecular complexity index is 795. The Morgan fingerprint density at radius 2 is 2.04 bits per heavy atom. The third-order valence-electron chi connectivity index (χ3n) is 3.93. The van der Waals surface area contributed by atoms with Crippen LogP contribution in [0.15, 0.2) is 24.3 Å². The first kappa shape index (κ1) is 19.4. The topological polar surface area (TPSA) is 79.9 Å². The molecule has 0 aliphatic heterocycles. The molecule has 1 heterocycles. The monoisotopic (exact) mass is 362 g/mol. The number of carbonyl (C=O) groups is 1. The van der Waals surface area contributed by atoms with Crippen molar-refractivity contribution in [1.82, 2.24) is 9.78 Å². The van der Waals surface area contributed by atoms with Gasteiger partial charge in [-0.2, -0.15) is 19.1 Å². The van der Waals surface area contributed by atoms with Crippen LogP contribution in [0.2, 0.25) is 0 Å². The van der Waals surface area contributed by atoms with Gasteiger partial charge in [-0.1, -0.05) is 0 Å². The molecule has 0 atom stereocenters. The van der Waals surface area contributed by atoms with Crippen molar-refractivity contribution < 1.29 is 18.3 Å². The second-order valence-corrected chi connectivity index (χ2v) is 5.73. The van der Waals surface area contributed by atoms with Crippen molar-refractivity contribution in [3.05, 3.63) is 41.2 Å². The molecule has 0 fully saturated rings. The SMILES string of the molecule is Cc1nn(CCC#N)c(C)c1CCC(=O)Nc1ccc(OC(F)F)cc1. The van der Waals surface area contributed by atoms with Gasteiger partial charge in [0.1, 0.15) is 5.75 Å². The van der Waals surface area contributed by atoms with Crippen molar-refractivity contribution in [1.29, 1.82) is 5.26 Å². The first-order chi connectivity index (χ1) is 12.4. The van der Waals surface area contributed by atoms with E-state index >= 15 is 0 Å². The fraction of sp³-hybridized carbons (Fsp3) is 0.389. The smallest absolute Gasteiger partial charge is 0.387 e. The maximum atomic E-state index is 12.1. The summed E-state index contributed by atoms with van der Waals surface area (Å²) in [6.45, 7) is 1.45. The number of rotatable bonds is 8. The molecule has 0 unspecified atom stereocenters. The number of nitrogens with one attached hydrogen (secondary N) is 1. The number of anilines is 1. The molecule has 1 N–H and O–H groups in total. The second kappa shape index (κ2) is 8.94. The largest absolute Gasteiger partial charge is 0.435 e. The molecule has 8 heteroatoms. The summed E-state index contributed by atoms with van der Waals surface area (Å²) in [5, 5.41) is 15.8. The summed E-state index contributed by atoms with van der Waals surface area (Å²) in [7, 11) is 0. The third kappa shape index (κ3) is 5.28. The third-order valence-corrected chi connectivity index (χ3v) is 3.93. The number of aromatic nitrogens is 2. The number of aryl methyl sites for hydroxylation is 2. The average Bonchev–Trinajstić information content (AvgIpc) is 2.86. The van der Waals surface area contributed by atoms with Gasteiger partial charge in [-0.05, 0) is 50.1 Å². The zero-order chi connectivity index (χ0) is 19.1. The summed E-state index contributed by atoms with van der Waals surface area (Å²) >= 11 is 0. The first-order valence-electron chi connectivity index (χ1n) is 8.15. The molecule has 2 rings (SSSR count). The Balaban J connectivity index is 1.91. The highest BCUT2D eigenvalue weighted by molar-refractivity contribution is 5.90. The van der Waals surface area contributed by atoms with Crippen LogP contribution in [0.3, 0.4) is 0 Å². The van der Waals surface area contributed by atoms with Crippen LogP contribution >= 0.6 is 0 Å². The lowest BCUT2D eigenvalue weighted by atomic mass is 10.1. The van der Waals surface area contributed by atoms with Gasteiger partial charge in [-0.25, -0.2) is 0 Å². The Labute approximate surface area is 150 Å². The van der Waals surface area contributed by atoms with E-state index in [2.05, 4.69) is 21.2 Å². The molecular formula is C18H20F2N4O2. The van der Waals surface area contributed by atoms with Crippen LogP contribution in [0.1, 0.15) is 29.8 Å². The van der Waals surface area contributed by atoms with E-state index in [1.165, 1.54) is 24.3 Å². The van der Waals surface area contributed by atoms with E-state index in [1.807, 2.05) is 13.8 Å². The molecule has 0 aliphatic carbocycles. The van der Waals surface area contributed by atoms with Gasteiger partial charge >= 0.3 is 6.61 Å². The number of nitrogens with zero attached hydrogens (tertiary/aromatic N) is 3. The Hall–Kier alpha value is -2.95. The first-order valence-corrected chi connectivity index (χ1v) is 8.15. The number of carbonyl (C=O) groups excluding carboxylic acids is 1. The maximum Gasteiger partial charge on any atom is 0.387 e. The van der Waals surface area contributed by atoms with Crippen LogP contribution in [0.4, 0.5) is 14.5 Å². The van der Waals surface area contributed by atoms with Gasteiger partial charge in [-0.15, -0.1) is 0 Å². The molecule has 2 aromatic rings. The van der Waals surface area contributed by atoms with Gasteiger partial charge in [0, 0.05) is 17.8 Å². The predicted molar refractivity (Wildman–Crippen MR) is 92.0 cm³/mol. The number of benzene rings is 1. The summed E-state index contributed by atoms with van der Waals surface area (Å²) in [6, 6.07) is 7.84. The van der Waals surface area contributed by atoms with Crippen LogP contribution in [0.5, 0.6) is 5.75 Å². The van der Waals surface area contributed by atoms with E-state index in [0.717, 1.165) is 17.0 Å². The molecular weight excluding hydrogens is 342 g/mol. The summed E-state index contributed by atoms with van der Waals surface area (Å²) in [5.74, 6) is -0.148. The Morgan fingerprint density at radius 3 is 2.65 bits per heavy atom. The van der Waals surface area contributed by atoms with Crippen LogP contribution in [-0.4, -0.2) is 22.3 Å². The summed E-state index contributed by atoms with van der Waals surface area (Å²) < 4.78 is 30.3. The molecule has 1 aromatic carbocycles. The minimum absolute atomic E-state index is 0.0361. The van der Waals surface area contributed by atoms with E-state index in [1.54, 1.807) is 4.68 Å². The normalized spacial score (nSPS) is 10.6. The van der Waals surface area contributed by atoms with E-state index < -0.39 is 6.61 Å². The molecule has 1 aromatic heterocycles. The Morgan fingerprint density at radius 1 is 1.35 bits per heavy atom. The molecule has 0 saturated carbocycles. The van der Waals surface area contributed by atoms with E-state index in [0.29, 0.717) is 25.1 Å². The van der Waals surface area contributed by atoms with E-state index in [4.69, 9.17) is 5.26 Å². The number of nitriles is 1. The van der Waals surface area contributed by atoms with Crippen molar-refractivity contribution >= 4 is 11.6 Å². The molecule has 0 bridgehead atoms. The molecule has 6 nitrogen and oxygen atoms in total. The molecule has 138 valence electrons. The number of alkyl halides is 2.